The second kappa shape index (κ2) is 10.9. The minimum atomic E-state index is -0.913. The van der Waals surface area contributed by atoms with Gasteiger partial charge in [-0.1, -0.05) is 12.2 Å². The van der Waals surface area contributed by atoms with Gasteiger partial charge in [-0.05, 0) is 38.8 Å². The first-order valence-corrected chi connectivity index (χ1v) is 9.47. The van der Waals surface area contributed by atoms with Crippen molar-refractivity contribution < 1.29 is 13.5 Å². The van der Waals surface area contributed by atoms with E-state index in [1.807, 2.05) is 6.92 Å². The molecular formula is C20H30F2N4O. The number of halogens is 2. The van der Waals surface area contributed by atoms with Gasteiger partial charge in [0, 0.05) is 38.3 Å². The molecule has 27 heavy (non-hydrogen) atoms. The molecule has 7 heteroatoms. The van der Waals surface area contributed by atoms with E-state index in [-0.39, 0.29) is 0 Å². The van der Waals surface area contributed by atoms with Gasteiger partial charge in [0.1, 0.15) is 12.4 Å². The van der Waals surface area contributed by atoms with Crippen molar-refractivity contribution in [3.8, 4) is 5.75 Å². The summed E-state index contributed by atoms with van der Waals surface area (Å²) in [4.78, 5) is 6.92. The summed E-state index contributed by atoms with van der Waals surface area (Å²) in [5.74, 6) is -0.742. The van der Waals surface area contributed by atoms with Crippen LogP contribution in [-0.2, 0) is 0 Å². The molecule has 0 bridgehead atoms. The number of benzene rings is 1. The van der Waals surface area contributed by atoms with E-state index in [1.165, 1.54) is 11.6 Å². The second-order valence-corrected chi connectivity index (χ2v) is 6.84. The van der Waals surface area contributed by atoms with Gasteiger partial charge in [-0.15, -0.1) is 0 Å². The quantitative estimate of drug-likeness (QED) is 0.315. The van der Waals surface area contributed by atoms with Crippen LogP contribution in [0, 0.1) is 11.6 Å². The molecule has 0 saturated carbocycles. The van der Waals surface area contributed by atoms with Crippen molar-refractivity contribution in [2.75, 3.05) is 39.3 Å². The first-order valence-electron chi connectivity index (χ1n) is 9.47. The molecule has 0 spiro atoms. The molecule has 0 atom stereocenters. The maximum Gasteiger partial charge on any atom is 0.191 e. The zero-order chi connectivity index (χ0) is 19.6. The molecule has 5 nitrogen and oxygen atoms in total. The molecule has 1 heterocycles. The Morgan fingerprint density at radius 3 is 2.67 bits per heavy atom. The molecule has 1 aliphatic rings. The van der Waals surface area contributed by atoms with Crippen LogP contribution in [0.1, 0.15) is 26.7 Å². The zero-order valence-corrected chi connectivity index (χ0v) is 16.2. The highest BCUT2D eigenvalue weighted by molar-refractivity contribution is 5.80. The molecule has 150 valence electrons. The lowest BCUT2D eigenvalue weighted by atomic mass is 10.0. The van der Waals surface area contributed by atoms with E-state index in [9.17, 15) is 8.78 Å². The normalized spacial score (nSPS) is 16.2. The maximum absolute atomic E-state index is 13.2. The van der Waals surface area contributed by atoms with Gasteiger partial charge in [0.25, 0.3) is 0 Å². The number of piperidine rings is 1. The van der Waals surface area contributed by atoms with E-state index in [0.29, 0.717) is 24.9 Å². The second-order valence-electron chi connectivity index (χ2n) is 6.84. The third-order valence-corrected chi connectivity index (χ3v) is 4.29. The molecule has 1 aromatic carbocycles. The van der Waals surface area contributed by atoms with Crippen molar-refractivity contribution in [2.24, 2.45) is 4.99 Å². The summed E-state index contributed by atoms with van der Waals surface area (Å²) in [5.41, 5.74) is 1.19. The summed E-state index contributed by atoms with van der Waals surface area (Å²) in [6.07, 6.45) is 2.12. The minimum absolute atomic E-state index is 0.290. The lowest BCUT2D eigenvalue weighted by Gasteiger charge is -2.33. The molecule has 0 unspecified atom stereocenters. The monoisotopic (exact) mass is 380 g/mol. The van der Waals surface area contributed by atoms with Gasteiger partial charge in [0.15, 0.2) is 17.6 Å². The molecule has 2 N–H and O–H groups in total. The summed E-state index contributed by atoms with van der Waals surface area (Å²) >= 11 is 0. The number of nitrogens with zero attached hydrogens (tertiary/aromatic N) is 2. The largest absolute Gasteiger partial charge is 0.492 e. The zero-order valence-electron chi connectivity index (χ0n) is 16.2. The highest BCUT2D eigenvalue weighted by Gasteiger charge is 2.19. The first kappa shape index (κ1) is 21.2. The van der Waals surface area contributed by atoms with E-state index in [1.54, 1.807) is 0 Å². The predicted molar refractivity (Wildman–Crippen MR) is 105 cm³/mol. The average molecular weight is 380 g/mol. The van der Waals surface area contributed by atoms with Crippen LogP contribution in [0.4, 0.5) is 8.78 Å². The lowest BCUT2D eigenvalue weighted by Crippen LogP contribution is -2.49. The van der Waals surface area contributed by atoms with Crippen LogP contribution in [0.15, 0.2) is 35.3 Å². The van der Waals surface area contributed by atoms with E-state index in [4.69, 9.17) is 4.74 Å². The van der Waals surface area contributed by atoms with Crippen LogP contribution < -0.4 is 15.4 Å². The van der Waals surface area contributed by atoms with Crippen LogP contribution in [-0.4, -0.2) is 56.2 Å². The van der Waals surface area contributed by atoms with Gasteiger partial charge in [-0.3, -0.25) is 4.90 Å². The first-order chi connectivity index (χ1) is 13.0. The highest BCUT2D eigenvalue weighted by Crippen LogP contribution is 2.15. The number of likely N-dealkylation sites (tertiary alicyclic amines) is 1. The van der Waals surface area contributed by atoms with Gasteiger partial charge in [0.05, 0.1) is 6.54 Å². The molecule has 1 saturated heterocycles. The molecule has 0 aromatic heterocycles. The van der Waals surface area contributed by atoms with E-state index < -0.39 is 11.6 Å². The van der Waals surface area contributed by atoms with Gasteiger partial charge in [0.2, 0.25) is 0 Å². The van der Waals surface area contributed by atoms with Crippen LogP contribution in [0.2, 0.25) is 0 Å². The smallest absolute Gasteiger partial charge is 0.191 e. The van der Waals surface area contributed by atoms with Crippen LogP contribution in [0.25, 0.3) is 0 Å². The van der Waals surface area contributed by atoms with Crippen molar-refractivity contribution in [3.63, 3.8) is 0 Å². The molecule has 1 aliphatic heterocycles. The van der Waals surface area contributed by atoms with Gasteiger partial charge >= 0.3 is 0 Å². The van der Waals surface area contributed by atoms with Gasteiger partial charge < -0.3 is 15.4 Å². The predicted octanol–water partition coefficient (Wildman–Crippen LogP) is 2.94. The topological polar surface area (TPSA) is 48.9 Å². The highest BCUT2D eigenvalue weighted by atomic mass is 19.2. The number of guanidine groups is 1. The number of ether oxygens (including phenoxy) is 1. The van der Waals surface area contributed by atoms with E-state index in [0.717, 1.165) is 57.1 Å². The fraction of sp³-hybridized carbons (Fsp3) is 0.550. The number of hydrogen-bond acceptors (Lipinski definition) is 3. The van der Waals surface area contributed by atoms with Crippen molar-refractivity contribution in [3.05, 3.63) is 42.0 Å². The summed E-state index contributed by atoms with van der Waals surface area (Å²) in [6.45, 7) is 12.6. The van der Waals surface area contributed by atoms with Crippen LogP contribution >= 0.6 is 0 Å². The summed E-state index contributed by atoms with van der Waals surface area (Å²) in [5, 5.41) is 6.71. The molecule has 0 radical (unpaired) electrons. The number of rotatable bonds is 8. The molecular weight excluding hydrogens is 350 g/mol. The molecule has 0 amide bonds. The molecule has 1 fully saturated rings. The fourth-order valence-electron chi connectivity index (χ4n) is 3.02. The Kier molecular flexibility index (Phi) is 8.51. The summed E-state index contributed by atoms with van der Waals surface area (Å²) in [6, 6.07) is 3.89. The summed E-state index contributed by atoms with van der Waals surface area (Å²) in [7, 11) is 0. The Morgan fingerprint density at radius 2 is 2.04 bits per heavy atom. The fourth-order valence-corrected chi connectivity index (χ4v) is 3.02. The van der Waals surface area contributed by atoms with Crippen molar-refractivity contribution in [2.45, 2.75) is 32.7 Å². The molecule has 0 aliphatic carbocycles. The Labute approximate surface area is 160 Å². The maximum atomic E-state index is 13.2. The van der Waals surface area contributed by atoms with Gasteiger partial charge in [-0.25, -0.2) is 13.8 Å². The van der Waals surface area contributed by atoms with Crippen LogP contribution in [0.3, 0.4) is 0 Å². The number of hydrogen-bond donors (Lipinski definition) is 2. The molecule has 2 rings (SSSR count). The SMILES string of the molecule is C=C(C)CN1CCC(NC(=NCCOc2ccc(F)c(F)c2)NCC)CC1. The van der Waals surface area contributed by atoms with Crippen LogP contribution in [0.5, 0.6) is 5.75 Å². The van der Waals surface area contributed by atoms with E-state index >= 15 is 0 Å². The van der Waals surface area contributed by atoms with E-state index in [2.05, 4.69) is 34.0 Å². The molecule has 1 aromatic rings. The number of aliphatic imine (C=N–C) groups is 1. The Bertz CT molecular complexity index is 643. The Hall–Kier alpha value is -2.15. The standard InChI is InChI=1S/C20H30F2N4O/c1-4-23-20(25-16-7-10-26(11-8-16)14-15(2)3)24-9-12-27-17-5-6-18(21)19(22)13-17/h5-6,13,16H,2,4,7-12,14H2,1,3H3,(H2,23,24,25). The van der Waals surface area contributed by atoms with Crippen molar-refractivity contribution in [1.29, 1.82) is 0 Å². The van der Waals surface area contributed by atoms with Crippen molar-refractivity contribution >= 4 is 5.96 Å². The minimum Gasteiger partial charge on any atom is -0.492 e. The average Bonchev–Trinajstić information content (AvgIpc) is 2.63. The van der Waals surface area contributed by atoms with Crippen molar-refractivity contribution in [1.82, 2.24) is 15.5 Å². The Balaban J connectivity index is 1.76. The number of nitrogens with one attached hydrogen (secondary N) is 2. The third-order valence-electron chi connectivity index (χ3n) is 4.29. The summed E-state index contributed by atoms with van der Waals surface area (Å²) < 4.78 is 31.5. The third kappa shape index (κ3) is 7.54. The van der Waals surface area contributed by atoms with Gasteiger partial charge in [-0.2, -0.15) is 0 Å². The Morgan fingerprint density at radius 1 is 1.30 bits per heavy atom. The lowest BCUT2D eigenvalue weighted by molar-refractivity contribution is 0.221.